The predicted molar refractivity (Wildman–Crippen MR) is 111 cm³/mol. The Bertz CT molecular complexity index is 847. The van der Waals surface area contributed by atoms with Crippen LogP contribution in [0.15, 0.2) is 59.8 Å². The van der Waals surface area contributed by atoms with Crippen LogP contribution in [0.2, 0.25) is 5.02 Å². The van der Waals surface area contributed by atoms with E-state index in [1.807, 2.05) is 12.1 Å². The van der Waals surface area contributed by atoms with Gasteiger partial charge in [-0.3, -0.25) is 4.79 Å². The third-order valence-corrected chi connectivity index (χ3v) is 4.72. The highest BCUT2D eigenvalue weighted by atomic mass is 35.5. The Morgan fingerprint density at radius 2 is 2.36 bits per heavy atom. The fraction of sp³-hybridized carbons (Fsp3) is 0.333. The SMILES string of the molecule is C=C/C=C1\C(=C)Oc2cc(Cl)ccc2N=C1N1CCNC(CC(=O)OCC)C1. The van der Waals surface area contributed by atoms with Crippen LogP contribution in [0.25, 0.3) is 0 Å². The lowest BCUT2D eigenvalue weighted by Crippen LogP contribution is -2.53. The summed E-state index contributed by atoms with van der Waals surface area (Å²) in [6.45, 7) is 12.1. The summed E-state index contributed by atoms with van der Waals surface area (Å²) in [7, 11) is 0. The third kappa shape index (κ3) is 4.64. The van der Waals surface area contributed by atoms with Crippen molar-refractivity contribution in [2.75, 3.05) is 26.2 Å². The molecule has 1 aromatic rings. The number of esters is 1. The van der Waals surface area contributed by atoms with Crippen LogP contribution in [0.4, 0.5) is 5.69 Å². The van der Waals surface area contributed by atoms with Crippen LogP contribution in [-0.2, 0) is 9.53 Å². The minimum absolute atomic E-state index is 0.0254. The van der Waals surface area contributed by atoms with Crippen molar-refractivity contribution in [2.45, 2.75) is 19.4 Å². The highest BCUT2D eigenvalue weighted by molar-refractivity contribution is 6.30. The highest BCUT2D eigenvalue weighted by Gasteiger charge is 2.29. The number of carbonyl (C=O) groups excluding carboxylic acids is 1. The number of nitrogens with zero attached hydrogens (tertiary/aromatic N) is 2. The van der Waals surface area contributed by atoms with Crippen molar-refractivity contribution >= 4 is 29.1 Å². The van der Waals surface area contributed by atoms with Crippen LogP contribution in [-0.4, -0.2) is 49.0 Å². The third-order valence-electron chi connectivity index (χ3n) is 4.48. The molecule has 0 bridgehead atoms. The van der Waals surface area contributed by atoms with Crippen LogP contribution in [0.3, 0.4) is 0 Å². The van der Waals surface area contributed by atoms with E-state index >= 15 is 0 Å². The maximum Gasteiger partial charge on any atom is 0.307 e. The molecule has 6 nitrogen and oxygen atoms in total. The molecule has 1 N–H and O–H groups in total. The maximum atomic E-state index is 11.9. The number of halogens is 1. The summed E-state index contributed by atoms with van der Waals surface area (Å²) in [6, 6.07) is 5.29. The Morgan fingerprint density at radius 3 is 3.11 bits per heavy atom. The second kappa shape index (κ2) is 9.08. The molecule has 148 valence electrons. The van der Waals surface area contributed by atoms with Gasteiger partial charge in [0.15, 0.2) is 5.75 Å². The lowest BCUT2D eigenvalue weighted by molar-refractivity contribution is -0.143. The van der Waals surface area contributed by atoms with E-state index in [0.29, 0.717) is 41.8 Å². The average molecular weight is 402 g/mol. The molecular weight excluding hydrogens is 378 g/mol. The molecule has 0 aromatic heterocycles. The number of ether oxygens (including phenoxy) is 2. The predicted octanol–water partition coefficient (Wildman–Crippen LogP) is 3.62. The summed E-state index contributed by atoms with van der Waals surface area (Å²) in [6.07, 6.45) is 3.82. The zero-order valence-electron chi connectivity index (χ0n) is 15.9. The molecule has 3 rings (SSSR count). The molecule has 1 atom stereocenters. The van der Waals surface area contributed by atoms with E-state index < -0.39 is 0 Å². The number of benzene rings is 1. The first-order chi connectivity index (χ1) is 13.5. The number of hydrogen-bond acceptors (Lipinski definition) is 6. The van der Waals surface area contributed by atoms with Crippen molar-refractivity contribution < 1.29 is 14.3 Å². The van der Waals surface area contributed by atoms with Gasteiger partial charge in [-0.15, -0.1) is 0 Å². The fourth-order valence-corrected chi connectivity index (χ4v) is 3.41. The minimum atomic E-state index is -0.209. The van der Waals surface area contributed by atoms with Gasteiger partial charge in [0.2, 0.25) is 0 Å². The molecule has 2 aliphatic rings. The van der Waals surface area contributed by atoms with Gasteiger partial charge in [0.25, 0.3) is 0 Å². The summed E-state index contributed by atoms with van der Waals surface area (Å²) >= 11 is 6.10. The molecule has 2 heterocycles. The molecule has 2 aliphatic heterocycles. The van der Waals surface area contributed by atoms with Crippen molar-refractivity contribution in [3.05, 3.63) is 59.9 Å². The summed E-state index contributed by atoms with van der Waals surface area (Å²) in [4.78, 5) is 18.9. The first-order valence-corrected chi connectivity index (χ1v) is 9.62. The molecule has 0 aliphatic carbocycles. The van der Waals surface area contributed by atoms with Gasteiger partial charge < -0.3 is 19.7 Å². The number of fused-ring (bicyclic) bond motifs is 1. The van der Waals surface area contributed by atoms with Crippen molar-refractivity contribution in [1.29, 1.82) is 0 Å². The summed E-state index contributed by atoms with van der Waals surface area (Å²) in [5.74, 6) is 1.56. The van der Waals surface area contributed by atoms with Crippen molar-refractivity contribution in [3.63, 3.8) is 0 Å². The molecule has 0 saturated carbocycles. The molecule has 1 unspecified atom stereocenters. The van der Waals surface area contributed by atoms with E-state index in [2.05, 4.69) is 23.4 Å². The zero-order valence-corrected chi connectivity index (χ0v) is 16.7. The molecule has 7 heteroatoms. The number of amidine groups is 1. The highest BCUT2D eigenvalue weighted by Crippen LogP contribution is 2.37. The molecule has 1 aromatic carbocycles. The number of aliphatic imine (C=N–C) groups is 1. The van der Waals surface area contributed by atoms with Crippen LogP contribution < -0.4 is 10.1 Å². The quantitative estimate of drug-likeness (QED) is 0.781. The van der Waals surface area contributed by atoms with Crippen molar-refractivity contribution in [2.24, 2.45) is 4.99 Å². The first kappa shape index (κ1) is 20.2. The Labute approximate surface area is 170 Å². The largest absolute Gasteiger partial charge is 0.466 e. The number of nitrogens with one attached hydrogen (secondary N) is 1. The van der Waals surface area contributed by atoms with Crippen LogP contribution in [0.1, 0.15) is 13.3 Å². The van der Waals surface area contributed by atoms with E-state index in [1.165, 1.54) is 0 Å². The van der Waals surface area contributed by atoms with Gasteiger partial charge in [0.05, 0.1) is 18.6 Å². The van der Waals surface area contributed by atoms with E-state index in [1.54, 1.807) is 25.1 Å². The zero-order chi connectivity index (χ0) is 20.1. The molecule has 28 heavy (non-hydrogen) atoms. The van der Waals surface area contributed by atoms with E-state index in [4.69, 9.17) is 26.1 Å². The Hall–Kier alpha value is -2.57. The monoisotopic (exact) mass is 401 g/mol. The van der Waals surface area contributed by atoms with E-state index in [-0.39, 0.29) is 12.0 Å². The number of hydrogen-bond donors (Lipinski definition) is 1. The normalized spacial score (nSPS) is 20.7. The van der Waals surface area contributed by atoms with Crippen LogP contribution in [0, 0.1) is 0 Å². The molecule has 1 fully saturated rings. The van der Waals surface area contributed by atoms with Crippen LogP contribution in [0.5, 0.6) is 5.75 Å². The molecule has 0 radical (unpaired) electrons. The van der Waals surface area contributed by atoms with Gasteiger partial charge in [-0.05, 0) is 25.1 Å². The van der Waals surface area contributed by atoms with Crippen molar-refractivity contribution in [3.8, 4) is 5.75 Å². The maximum absolute atomic E-state index is 11.9. The number of rotatable bonds is 4. The lowest BCUT2D eigenvalue weighted by Gasteiger charge is -2.35. The number of piperazine rings is 1. The number of carbonyl (C=O) groups is 1. The Kier molecular flexibility index (Phi) is 6.54. The molecule has 1 saturated heterocycles. The second-order valence-electron chi connectivity index (χ2n) is 6.49. The van der Waals surface area contributed by atoms with Gasteiger partial charge in [-0.2, -0.15) is 0 Å². The topological polar surface area (TPSA) is 63.2 Å². The number of allylic oxidation sites excluding steroid dienone is 2. The standard InChI is InChI=1S/C21H24ClN3O3/c1-4-6-17-14(3)28-19-11-15(22)7-8-18(19)24-21(17)25-10-9-23-16(13-25)12-20(26)27-5-2/h4,6-8,11,16,23H,1,3,5,9-10,12-13H2,2H3/b17-6+. The van der Waals surface area contributed by atoms with Gasteiger partial charge in [-0.25, -0.2) is 4.99 Å². The minimum Gasteiger partial charge on any atom is -0.466 e. The first-order valence-electron chi connectivity index (χ1n) is 9.24. The lowest BCUT2D eigenvalue weighted by atomic mass is 10.1. The summed E-state index contributed by atoms with van der Waals surface area (Å²) < 4.78 is 11.0. The summed E-state index contributed by atoms with van der Waals surface area (Å²) in [5, 5.41) is 3.94. The molecule has 0 spiro atoms. The van der Waals surface area contributed by atoms with Crippen molar-refractivity contribution in [1.82, 2.24) is 10.2 Å². The van der Waals surface area contributed by atoms with Gasteiger partial charge >= 0.3 is 5.97 Å². The van der Waals surface area contributed by atoms with Gasteiger partial charge in [-0.1, -0.05) is 30.8 Å². The average Bonchev–Trinajstić information content (AvgIpc) is 2.79. The Morgan fingerprint density at radius 1 is 1.54 bits per heavy atom. The van der Waals surface area contributed by atoms with Gasteiger partial charge in [0, 0.05) is 36.8 Å². The Balaban J connectivity index is 1.92. The van der Waals surface area contributed by atoms with Crippen LogP contribution >= 0.6 is 11.6 Å². The smallest absolute Gasteiger partial charge is 0.307 e. The summed E-state index contributed by atoms with van der Waals surface area (Å²) in [5.41, 5.74) is 1.42. The fourth-order valence-electron chi connectivity index (χ4n) is 3.25. The van der Waals surface area contributed by atoms with Gasteiger partial charge in [0.1, 0.15) is 17.3 Å². The van der Waals surface area contributed by atoms with E-state index in [0.717, 1.165) is 24.5 Å². The van der Waals surface area contributed by atoms with E-state index in [9.17, 15) is 4.79 Å². The second-order valence-corrected chi connectivity index (χ2v) is 6.93. The molecule has 0 amide bonds. The molecular formula is C21H24ClN3O3.